The van der Waals surface area contributed by atoms with E-state index in [-0.39, 0.29) is 6.61 Å². The summed E-state index contributed by atoms with van der Waals surface area (Å²) in [6, 6.07) is 6.78. The number of nitrogens with zero attached hydrogens (tertiary/aromatic N) is 1. The first-order valence-electron chi connectivity index (χ1n) is 6.94. The lowest BCUT2D eigenvalue weighted by Gasteiger charge is -2.09. The summed E-state index contributed by atoms with van der Waals surface area (Å²) >= 11 is 5.91. The monoisotopic (exact) mass is 337 g/mol. The minimum Gasteiger partial charge on any atom is -0.482 e. The van der Waals surface area contributed by atoms with E-state index in [0.717, 1.165) is 0 Å². The average Bonchev–Trinajstić information content (AvgIpc) is 2.92. The standard InChI is InChI=1S/C15H16ClN3O4/c1-3-11-14(9(2)23-19-11)15(21)18-17-13(20)8-22-12-7-5-4-6-10(12)16/h4-7H,3,8H2,1-2H3,(H,17,20)(H,18,21). The molecule has 0 aliphatic heterocycles. The Hall–Kier alpha value is -2.54. The number of nitrogens with one attached hydrogen (secondary N) is 2. The Morgan fingerprint density at radius 1 is 1.30 bits per heavy atom. The first-order chi connectivity index (χ1) is 11.0. The van der Waals surface area contributed by atoms with Crippen molar-refractivity contribution in [2.45, 2.75) is 20.3 Å². The highest BCUT2D eigenvalue weighted by atomic mass is 35.5. The first-order valence-corrected chi connectivity index (χ1v) is 7.32. The predicted octanol–water partition coefficient (Wildman–Crippen LogP) is 2.04. The molecule has 0 aliphatic rings. The molecule has 0 atom stereocenters. The van der Waals surface area contributed by atoms with Crippen molar-refractivity contribution in [3.63, 3.8) is 0 Å². The van der Waals surface area contributed by atoms with Crippen molar-refractivity contribution in [3.8, 4) is 5.75 Å². The second kappa shape index (κ2) is 7.64. The van der Waals surface area contributed by atoms with Crippen molar-refractivity contribution in [1.82, 2.24) is 16.0 Å². The molecule has 7 nitrogen and oxygen atoms in total. The van der Waals surface area contributed by atoms with Crippen LogP contribution in [0.3, 0.4) is 0 Å². The van der Waals surface area contributed by atoms with Crippen LogP contribution in [0.15, 0.2) is 28.8 Å². The first kappa shape index (κ1) is 16.8. The molecule has 122 valence electrons. The second-order valence-corrected chi connectivity index (χ2v) is 5.04. The van der Waals surface area contributed by atoms with Gasteiger partial charge in [0.2, 0.25) is 0 Å². The normalized spacial score (nSPS) is 10.2. The number of benzene rings is 1. The quantitative estimate of drug-likeness (QED) is 0.814. The van der Waals surface area contributed by atoms with Gasteiger partial charge in [-0.05, 0) is 25.5 Å². The van der Waals surface area contributed by atoms with Crippen LogP contribution in [0.2, 0.25) is 5.02 Å². The van der Waals surface area contributed by atoms with Crippen LogP contribution in [0.5, 0.6) is 5.75 Å². The molecule has 0 radical (unpaired) electrons. The van der Waals surface area contributed by atoms with Gasteiger partial charge in [0.05, 0.1) is 10.7 Å². The number of ether oxygens (including phenoxy) is 1. The van der Waals surface area contributed by atoms with Gasteiger partial charge in [0, 0.05) is 0 Å². The average molecular weight is 338 g/mol. The lowest BCUT2D eigenvalue weighted by Crippen LogP contribution is -2.44. The van der Waals surface area contributed by atoms with Crippen molar-refractivity contribution >= 4 is 23.4 Å². The van der Waals surface area contributed by atoms with Gasteiger partial charge < -0.3 is 9.26 Å². The number of hydrogen-bond acceptors (Lipinski definition) is 5. The molecule has 2 amide bonds. The fourth-order valence-corrected chi connectivity index (χ4v) is 2.07. The predicted molar refractivity (Wildman–Crippen MR) is 83.2 cm³/mol. The molecule has 2 N–H and O–H groups in total. The Bertz CT molecular complexity index is 714. The number of halogens is 1. The molecule has 0 saturated heterocycles. The van der Waals surface area contributed by atoms with Gasteiger partial charge in [-0.3, -0.25) is 20.4 Å². The van der Waals surface area contributed by atoms with Crippen LogP contribution in [0, 0.1) is 6.92 Å². The Morgan fingerprint density at radius 3 is 2.74 bits per heavy atom. The van der Waals surface area contributed by atoms with Crippen LogP contribution < -0.4 is 15.6 Å². The number of aryl methyl sites for hydroxylation is 2. The summed E-state index contributed by atoms with van der Waals surface area (Å²) < 4.78 is 10.2. The van der Waals surface area contributed by atoms with E-state index in [4.69, 9.17) is 20.9 Å². The Labute approximate surface area is 137 Å². The molecule has 1 aromatic carbocycles. The lowest BCUT2D eigenvalue weighted by molar-refractivity contribution is -0.123. The fraction of sp³-hybridized carbons (Fsp3) is 0.267. The number of carbonyl (C=O) groups is 2. The van der Waals surface area contributed by atoms with Gasteiger partial charge >= 0.3 is 0 Å². The van der Waals surface area contributed by atoms with E-state index in [1.165, 1.54) is 0 Å². The molecule has 0 fully saturated rings. The van der Waals surface area contributed by atoms with E-state index >= 15 is 0 Å². The zero-order valence-electron chi connectivity index (χ0n) is 12.7. The van der Waals surface area contributed by atoms with Gasteiger partial charge in [0.25, 0.3) is 11.8 Å². The van der Waals surface area contributed by atoms with Crippen molar-refractivity contribution in [1.29, 1.82) is 0 Å². The number of rotatable bonds is 5. The molecule has 0 unspecified atom stereocenters. The Kier molecular flexibility index (Phi) is 5.59. The topological polar surface area (TPSA) is 93.5 Å². The zero-order valence-corrected chi connectivity index (χ0v) is 13.4. The van der Waals surface area contributed by atoms with Crippen molar-refractivity contribution in [3.05, 3.63) is 46.3 Å². The molecule has 0 saturated carbocycles. The fourth-order valence-electron chi connectivity index (χ4n) is 1.88. The third kappa shape index (κ3) is 4.23. The van der Waals surface area contributed by atoms with E-state index in [1.54, 1.807) is 31.2 Å². The summed E-state index contributed by atoms with van der Waals surface area (Å²) in [6.07, 6.45) is 0.545. The number of aromatic nitrogens is 1. The van der Waals surface area contributed by atoms with E-state index in [1.807, 2.05) is 6.92 Å². The SMILES string of the molecule is CCc1noc(C)c1C(=O)NNC(=O)COc1ccccc1Cl. The number of amides is 2. The maximum Gasteiger partial charge on any atom is 0.276 e. The minimum atomic E-state index is -0.523. The summed E-state index contributed by atoms with van der Waals surface area (Å²) in [5, 5.41) is 4.18. The van der Waals surface area contributed by atoms with Crippen LogP contribution in [0.25, 0.3) is 0 Å². The van der Waals surface area contributed by atoms with Crippen LogP contribution >= 0.6 is 11.6 Å². The van der Waals surface area contributed by atoms with Gasteiger partial charge in [-0.15, -0.1) is 0 Å². The summed E-state index contributed by atoms with van der Waals surface area (Å²) in [4.78, 5) is 23.8. The minimum absolute atomic E-state index is 0.284. The largest absolute Gasteiger partial charge is 0.482 e. The summed E-state index contributed by atoms with van der Waals surface area (Å²) in [5.74, 6) is -0.239. The van der Waals surface area contributed by atoms with Gasteiger partial charge in [-0.25, -0.2) is 0 Å². The molecular formula is C15H16ClN3O4. The number of carbonyl (C=O) groups excluding carboxylic acids is 2. The molecule has 0 bridgehead atoms. The molecule has 8 heteroatoms. The highest BCUT2D eigenvalue weighted by molar-refractivity contribution is 6.32. The van der Waals surface area contributed by atoms with Gasteiger partial charge in [0.15, 0.2) is 6.61 Å². The maximum absolute atomic E-state index is 12.1. The molecule has 0 spiro atoms. The van der Waals surface area contributed by atoms with Crippen LogP contribution in [-0.4, -0.2) is 23.6 Å². The molecule has 2 aromatic rings. The highest BCUT2D eigenvalue weighted by Gasteiger charge is 2.19. The summed E-state index contributed by atoms with van der Waals surface area (Å²) in [6.45, 7) is 3.20. The van der Waals surface area contributed by atoms with Crippen LogP contribution in [-0.2, 0) is 11.2 Å². The number of hydrogen-bond donors (Lipinski definition) is 2. The van der Waals surface area contributed by atoms with Gasteiger partial charge in [0.1, 0.15) is 17.1 Å². The van der Waals surface area contributed by atoms with Gasteiger partial charge in [-0.1, -0.05) is 35.8 Å². The van der Waals surface area contributed by atoms with Crippen molar-refractivity contribution in [2.75, 3.05) is 6.61 Å². The second-order valence-electron chi connectivity index (χ2n) is 4.64. The van der Waals surface area contributed by atoms with Gasteiger partial charge in [-0.2, -0.15) is 0 Å². The van der Waals surface area contributed by atoms with E-state index in [0.29, 0.717) is 34.2 Å². The molecule has 1 aromatic heterocycles. The Morgan fingerprint density at radius 2 is 2.04 bits per heavy atom. The third-order valence-electron chi connectivity index (χ3n) is 3.01. The van der Waals surface area contributed by atoms with E-state index < -0.39 is 11.8 Å². The molecular weight excluding hydrogens is 322 g/mol. The number of hydrazine groups is 1. The Balaban J connectivity index is 1.86. The van der Waals surface area contributed by atoms with Crippen molar-refractivity contribution < 1.29 is 18.8 Å². The molecule has 0 aliphatic carbocycles. The van der Waals surface area contributed by atoms with Crippen molar-refractivity contribution in [2.24, 2.45) is 0 Å². The van der Waals surface area contributed by atoms with Crippen LogP contribution in [0.4, 0.5) is 0 Å². The third-order valence-corrected chi connectivity index (χ3v) is 3.32. The maximum atomic E-state index is 12.1. The summed E-state index contributed by atoms with van der Waals surface area (Å²) in [7, 11) is 0. The van der Waals surface area contributed by atoms with E-state index in [2.05, 4.69) is 16.0 Å². The molecule has 2 rings (SSSR count). The smallest absolute Gasteiger partial charge is 0.276 e. The zero-order chi connectivity index (χ0) is 16.8. The number of para-hydroxylation sites is 1. The highest BCUT2D eigenvalue weighted by Crippen LogP contribution is 2.22. The summed E-state index contributed by atoms with van der Waals surface area (Å²) in [5.41, 5.74) is 5.41. The van der Waals surface area contributed by atoms with Crippen LogP contribution in [0.1, 0.15) is 28.7 Å². The molecule has 23 heavy (non-hydrogen) atoms. The van der Waals surface area contributed by atoms with E-state index in [9.17, 15) is 9.59 Å². The molecule has 1 heterocycles. The lowest BCUT2D eigenvalue weighted by atomic mass is 10.1.